The van der Waals surface area contributed by atoms with Crippen LogP contribution in [0.1, 0.15) is 39.3 Å². The van der Waals surface area contributed by atoms with Gasteiger partial charge in [0, 0.05) is 45.1 Å². The van der Waals surface area contributed by atoms with Gasteiger partial charge in [-0.05, 0) is 32.1 Å². The average molecular weight is 294 g/mol. The van der Waals surface area contributed by atoms with E-state index >= 15 is 0 Å². The fourth-order valence-electron chi connectivity index (χ4n) is 2.81. The van der Waals surface area contributed by atoms with Crippen LogP contribution in [0.25, 0.3) is 0 Å². The molecule has 0 spiro atoms. The van der Waals surface area contributed by atoms with E-state index in [0.29, 0.717) is 5.92 Å². The lowest BCUT2D eigenvalue weighted by Gasteiger charge is -2.35. The van der Waals surface area contributed by atoms with E-state index in [1.807, 2.05) is 6.92 Å². The first-order valence-electron chi connectivity index (χ1n) is 8.30. The summed E-state index contributed by atoms with van der Waals surface area (Å²) >= 11 is 0. The highest BCUT2D eigenvalue weighted by atomic mass is 16.5. The van der Waals surface area contributed by atoms with E-state index in [-0.39, 0.29) is 6.04 Å². The van der Waals surface area contributed by atoms with E-state index in [1.165, 1.54) is 0 Å². The van der Waals surface area contributed by atoms with Gasteiger partial charge in [-0.15, -0.1) is 0 Å². The Hall–Kier alpha value is -1.07. The van der Waals surface area contributed by atoms with Gasteiger partial charge in [0.05, 0.1) is 5.69 Å². The van der Waals surface area contributed by atoms with Crippen LogP contribution >= 0.6 is 0 Å². The normalized spacial score (nSPS) is 22.8. The average Bonchev–Trinajstić information content (AvgIpc) is 2.90. The molecule has 1 aromatic rings. The number of hydrogen-bond donors (Lipinski definition) is 1. The lowest BCUT2D eigenvalue weighted by Crippen LogP contribution is -2.48. The topological polar surface area (TPSA) is 56.3 Å². The van der Waals surface area contributed by atoms with Gasteiger partial charge >= 0.3 is 0 Å². The number of nitrogens with zero attached hydrogens (tertiary/aromatic N) is 3. The maximum absolute atomic E-state index is 6.24. The summed E-state index contributed by atoms with van der Waals surface area (Å²) in [4.78, 5) is 7.15. The van der Waals surface area contributed by atoms with Crippen LogP contribution in [0.4, 0.5) is 5.95 Å². The van der Waals surface area contributed by atoms with Gasteiger partial charge in [0.15, 0.2) is 0 Å². The molecule has 2 heterocycles. The van der Waals surface area contributed by atoms with Crippen LogP contribution < -0.4 is 10.6 Å². The molecule has 0 bridgehead atoms. The molecular weight excluding hydrogens is 264 g/mol. The predicted molar refractivity (Wildman–Crippen MR) is 86.7 cm³/mol. The Kier molecular flexibility index (Phi) is 6.06. The predicted octanol–water partition coefficient (Wildman–Crippen LogP) is 2.05. The van der Waals surface area contributed by atoms with E-state index in [2.05, 4.69) is 29.5 Å². The van der Waals surface area contributed by atoms with Gasteiger partial charge in [-0.3, -0.25) is 0 Å². The number of ether oxygens (including phenoxy) is 1. The highest BCUT2D eigenvalue weighted by Gasteiger charge is 2.26. The number of aromatic nitrogens is 2. The van der Waals surface area contributed by atoms with Gasteiger partial charge < -0.3 is 19.9 Å². The molecule has 2 N–H and O–H groups in total. The Morgan fingerprint density at radius 2 is 2.24 bits per heavy atom. The molecule has 0 saturated carbocycles. The third-order valence-electron chi connectivity index (χ3n) is 4.36. The summed E-state index contributed by atoms with van der Waals surface area (Å²) in [6.45, 7) is 11.0. The molecular formula is C16H30N4O. The van der Waals surface area contributed by atoms with Gasteiger partial charge in [-0.2, -0.15) is 0 Å². The second-order valence-corrected chi connectivity index (χ2v) is 6.01. The molecule has 0 amide bonds. The molecule has 120 valence electrons. The first-order chi connectivity index (χ1) is 10.2. The van der Waals surface area contributed by atoms with Crippen molar-refractivity contribution in [2.24, 2.45) is 11.7 Å². The minimum absolute atomic E-state index is 0.248. The summed E-state index contributed by atoms with van der Waals surface area (Å²) in [6.07, 6.45) is 5.33. The summed E-state index contributed by atoms with van der Waals surface area (Å²) in [5, 5.41) is 0. The van der Waals surface area contributed by atoms with Crippen molar-refractivity contribution in [3.05, 3.63) is 11.9 Å². The Morgan fingerprint density at radius 1 is 1.43 bits per heavy atom. The zero-order valence-electron chi connectivity index (χ0n) is 13.7. The van der Waals surface area contributed by atoms with Crippen molar-refractivity contribution in [2.45, 2.75) is 52.6 Å². The van der Waals surface area contributed by atoms with Gasteiger partial charge in [0.25, 0.3) is 0 Å². The number of piperidine rings is 1. The number of anilines is 1. The smallest absolute Gasteiger partial charge is 0.205 e. The molecule has 21 heavy (non-hydrogen) atoms. The van der Waals surface area contributed by atoms with Crippen molar-refractivity contribution in [3.63, 3.8) is 0 Å². The maximum atomic E-state index is 6.24. The number of aryl methyl sites for hydroxylation is 2. The summed E-state index contributed by atoms with van der Waals surface area (Å²) in [6, 6.07) is 0.248. The Morgan fingerprint density at radius 3 is 2.90 bits per heavy atom. The fourth-order valence-corrected chi connectivity index (χ4v) is 2.81. The van der Waals surface area contributed by atoms with Crippen molar-refractivity contribution in [1.29, 1.82) is 0 Å². The Labute approximate surface area is 128 Å². The zero-order chi connectivity index (χ0) is 15.2. The SMILES string of the molecule is CCOCCCn1cc(CC)nc1N1CCC(C)C(N)C1. The van der Waals surface area contributed by atoms with Gasteiger partial charge in [0.1, 0.15) is 0 Å². The van der Waals surface area contributed by atoms with Crippen LogP contribution in [0, 0.1) is 5.92 Å². The molecule has 1 aliphatic heterocycles. The molecule has 1 aliphatic rings. The van der Waals surface area contributed by atoms with Crippen LogP contribution in [0.2, 0.25) is 0 Å². The number of hydrogen-bond acceptors (Lipinski definition) is 4. The van der Waals surface area contributed by atoms with Crippen LogP contribution in [-0.4, -0.2) is 41.9 Å². The van der Waals surface area contributed by atoms with Gasteiger partial charge in [-0.25, -0.2) is 4.98 Å². The Bertz CT molecular complexity index is 432. The molecule has 0 radical (unpaired) electrons. The van der Waals surface area contributed by atoms with Crippen molar-refractivity contribution in [1.82, 2.24) is 9.55 Å². The van der Waals surface area contributed by atoms with Crippen LogP contribution in [0.5, 0.6) is 0 Å². The highest BCUT2D eigenvalue weighted by molar-refractivity contribution is 5.35. The molecule has 0 aromatic carbocycles. The van der Waals surface area contributed by atoms with Crippen molar-refractivity contribution in [3.8, 4) is 0 Å². The molecule has 1 fully saturated rings. The van der Waals surface area contributed by atoms with E-state index in [1.54, 1.807) is 0 Å². The summed E-state index contributed by atoms with van der Waals surface area (Å²) in [5.74, 6) is 1.69. The maximum Gasteiger partial charge on any atom is 0.205 e. The molecule has 2 unspecified atom stereocenters. The van der Waals surface area contributed by atoms with Gasteiger partial charge in [0.2, 0.25) is 5.95 Å². The van der Waals surface area contributed by atoms with E-state index in [4.69, 9.17) is 15.5 Å². The zero-order valence-corrected chi connectivity index (χ0v) is 13.7. The highest BCUT2D eigenvalue weighted by Crippen LogP contribution is 2.22. The fraction of sp³-hybridized carbons (Fsp3) is 0.812. The molecule has 2 atom stereocenters. The minimum atomic E-state index is 0.248. The first-order valence-corrected chi connectivity index (χ1v) is 8.30. The van der Waals surface area contributed by atoms with Crippen LogP contribution in [-0.2, 0) is 17.7 Å². The van der Waals surface area contributed by atoms with Crippen LogP contribution in [0.3, 0.4) is 0 Å². The molecule has 5 nitrogen and oxygen atoms in total. The molecule has 0 aliphatic carbocycles. The van der Waals surface area contributed by atoms with E-state index in [9.17, 15) is 0 Å². The Balaban J connectivity index is 2.04. The quantitative estimate of drug-likeness (QED) is 0.782. The monoisotopic (exact) mass is 294 g/mol. The van der Waals surface area contributed by atoms with Gasteiger partial charge in [-0.1, -0.05) is 13.8 Å². The summed E-state index contributed by atoms with van der Waals surface area (Å²) < 4.78 is 7.72. The molecule has 2 rings (SSSR count). The second-order valence-electron chi connectivity index (χ2n) is 6.01. The summed E-state index contributed by atoms with van der Waals surface area (Å²) in [7, 11) is 0. The third-order valence-corrected chi connectivity index (χ3v) is 4.36. The number of imidazole rings is 1. The molecule has 1 aromatic heterocycles. The number of nitrogens with two attached hydrogens (primary N) is 1. The van der Waals surface area contributed by atoms with E-state index < -0.39 is 0 Å². The van der Waals surface area contributed by atoms with Crippen molar-refractivity contribution >= 4 is 5.95 Å². The third kappa shape index (κ3) is 4.20. The van der Waals surface area contributed by atoms with Crippen molar-refractivity contribution < 1.29 is 4.74 Å². The van der Waals surface area contributed by atoms with Crippen molar-refractivity contribution in [2.75, 3.05) is 31.2 Å². The largest absolute Gasteiger partial charge is 0.382 e. The lowest BCUT2D eigenvalue weighted by atomic mass is 9.94. The minimum Gasteiger partial charge on any atom is -0.382 e. The number of rotatable bonds is 7. The second kappa shape index (κ2) is 7.80. The summed E-state index contributed by atoms with van der Waals surface area (Å²) in [5.41, 5.74) is 7.40. The van der Waals surface area contributed by atoms with E-state index in [0.717, 1.165) is 63.8 Å². The van der Waals surface area contributed by atoms with Crippen LogP contribution in [0.15, 0.2) is 6.20 Å². The standard InChI is InChI=1S/C16H30N4O/c1-4-14-11-19(8-6-10-21-5-2)16(18-14)20-9-7-13(3)15(17)12-20/h11,13,15H,4-10,12,17H2,1-3H3. The lowest BCUT2D eigenvalue weighted by molar-refractivity contribution is 0.141. The molecule has 1 saturated heterocycles. The first kappa shape index (κ1) is 16.3. The molecule has 5 heteroatoms.